The van der Waals surface area contributed by atoms with Crippen LogP contribution in [0.2, 0.25) is 0 Å². The number of hydrogen-bond donors (Lipinski definition) is 0. The van der Waals surface area contributed by atoms with Crippen LogP contribution in [0.4, 0.5) is 4.79 Å². The number of carbonyl (C=O) groups is 2. The lowest BCUT2D eigenvalue weighted by atomic mass is 10.1. The van der Waals surface area contributed by atoms with Crippen LogP contribution in [0.3, 0.4) is 0 Å². The van der Waals surface area contributed by atoms with Crippen LogP contribution < -0.4 is 0 Å². The highest BCUT2D eigenvalue weighted by Crippen LogP contribution is 2.20. The van der Waals surface area contributed by atoms with E-state index >= 15 is 0 Å². The highest BCUT2D eigenvalue weighted by molar-refractivity contribution is 8.24. The molecule has 0 aromatic rings. The van der Waals surface area contributed by atoms with Crippen LogP contribution in [0.25, 0.3) is 0 Å². The second-order valence-corrected chi connectivity index (χ2v) is 6.36. The Kier molecular flexibility index (Phi) is 7.38. The van der Waals surface area contributed by atoms with E-state index < -0.39 is 0 Å². The first-order chi connectivity index (χ1) is 9.07. The summed E-state index contributed by atoms with van der Waals surface area (Å²) in [4.78, 5) is 26.3. The minimum Gasteiger partial charge on any atom is -0.327 e. The van der Waals surface area contributed by atoms with Crippen molar-refractivity contribution in [1.82, 2.24) is 9.80 Å². The van der Waals surface area contributed by atoms with Gasteiger partial charge in [0.1, 0.15) is 0 Å². The van der Waals surface area contributed by atoms with Gasteiger partial charge < -0.3 is 4.90 Å². The Morgan fingerprint density at radius 3 is 2.53 bits per heavy atom. The molecule has 4 nitrogen and oxygen atoms in total. The highest BCUT2D eigenvalue weighted by Gasteiger charge is 2.33. The Morgan fingerprint density at radius 2 is 1.95 bits per heavy atom. The molecule has 1 fully saturated rings. The van der Waals surface area contributed by atoms with Gasteiger partial charge in [0.15, 0.2) is 4.32 Å². The Bertz CT molecular complexity index is 332. The molecule has 0 saturated carbocycles. The molecule has 0 radical (unpaired) electrons. The average Bonchev–Trinajstić information content (AvgIpc) is 2.72. The van der Waals surface area contributed by atoms with Crippen molar-refractivity contribution >= 4 is 40.2 Å². The maximum atomic E-state index is 12.1. The summed E-state index contributed by atoms with van der Waals surface area (Å²) in [5.74, 6) is 0.0879. The van der Waals surface area contributed by atoms with E-state index in [0.29, 0.717) is 10.9 Å². The van der Waals surface area contributed by atoms with E-state index in [1.54, 1.807) is 11.9 Å². The van der Waals surface area contributed by atoms with Crippen molar-refractivity contribution in [1.29, 1.82) is 0 Å². The standard InChI is InChI=1S/C13H22N2O2S2/c1-3-4-5-6-7-8-9-14(2)12(17)15-11(16)10-19-13(15)18/h3-10H2,1-2H3. The maximum Gasteiger partial charge on any atom is 0.332 e. The summed E-state index contributed by atoms with van der Waals surface area (Å²) in [6.07, 6.45) is 7.11. The Hall–Kier alpha value is -0.620. The summed E-state index contributed by atoms with van der Waals surface area (Å²) >= 11 is 6.27. The zero-order valence-electron chi connectivity index (χ0n) is 11.7. The van der Waals surface area contributed by atoms with Gasteiger partial charge in [-0.3, -0.25) is 4.79 Å². The van der Waals surface area contributed by atoms with Crippen molar-refractivity contribution < 1.29 is 9.59 Å². The van der Waals surface area contributed by atoms with Gasteiger partial charge in [0.25, 0.3) is 0 Å². The number of thiocarbonyl (C=S) groups is 1. The van der Waals surface area contributed by atoms with Gasteiger partial charge in [-0.15, -0.1) is 0 Å². The Labute approximate surface area is 124 Å². The first-order valence-corrected chi connectivity index (χ1v) is 8.22. The first-order valence-electron chi connectivity index (χ1n) is 6.82. The number of unbranched alkanes of at least 4 members (excludes halogenated alkanes) is 5. The van der Waals surface area contributed by atoms with Crippen LogP contribution in [0.5, 0.6) is 0 Å². The molecule has 1 aliphatic rings. The quantitative estimate of drug-likeness (QED) is 0.534. The van der Waals surface area contributed by atoms with E-state index in [2.05, 4.69) is 6.92 Å². The molecule has 1 saturated heterocycles. The molecule has 0 spiro atoms. The molecule has 3 amide bonds. The molecule has 0 N–H and O–H groups in total. The van der Waals surface area contributed by atoms with E-state index in [1.165, 1.54) is 37.4 Å². The third-order valence-electron chi connectivity index (χ3n) is 3.12. The van der Waals surface area contributed by atoms with Gasteiger partial charge in [-0.2, -0.15) is 0 Å². The zero-order valence-corrected chi connectivity index (χ0v) is 13.3. The van der Waals surface area contributed by atoms with Gasteiger partial charge in [-0.1, -0.05) is 63.0 Å². The van der Waals surface area contributed by atoms with Crippen LogP contribution in [0.1, 0.15) is 45.4 Å². The topological polar surface area (TPSA) is 40.6 Å². The molecule has 0 aliphatic carbocycles. The summed E-state index contributed by atoms with van der Waals surface area (Å²) in [6, 6.07) is -0.284. The van der Waals surface area contributed by atoms with Crippen LogP contribution in [0.15, 0.2) is 0 Å². The number of thioether (sulfide) groups is 1. The van der Waals surface area contributed by atoms with Crippen molar-refractivity contribution in [3.8, 4) is 0 Å². The van der Waals surface area contributed by atoms with Gasteiger partial charge in [-0.25, -0.2) is 9.69 Å². The highest BCUT2D eigenvalue weighted by atomic mass is 32.2. The summed E-state index contributed by atoms with van der Waals surface area (Å²) in [5.41, 5.74) is 0. The van der Waals surface area contributed by atoms with E-state index in [-0.39, 0.29) is 17.7 Å². The van der Waals surface area contributed by atoms with Crippen molar-refractivity contribution in [2.45, 2.75) is 45.4 Å². The van der Waals surface area contributed by atoms with Gasteiger partial charge in [0.2, 0.25) is 5.91 Å². The number of urea groups is 1. The molecule has 0 atom stereocenters. The summed E-state index contributed by atoms with van der Waals surface area (Å²) in [6.45, 7) is 2.88. The fourth-order valence-electron chi connectivity index (χ4n) is 1.93. The number of rotatable bonds is 7. The molecule has 0 unspecified atom stereocenters. The predicted octanol–water partition coefficient (Wildman–Crippen LogP) is 3.26. The number of hydrogen-bond acceptors (Lipinski definition) is 4. The number of nitrogens with zero attached hydrogens (tertiary/aromatic N) is 2. The van der Waals surface area contributed by atoms with Crippen LogP contribution >= 0.6 is 24.0 Å². The first kappa shape index (κ1) is 16.4. The molecule has 1 heterocycles. The molecule has 0 aromatic carbocycles. The van der Waals surface area contributed by atoms with Crippen molar-refractivity contribution in [2.75, 3.05) is 19.3 Å². The fraction of sp³-hybridized carbons (Fsp3) is 0.769. The molecule has 1 rings (SSSR count). The smallest absolute Gasteiger partial charge is 0.327 e. The van der Waals surface area contributed by atoms with Gasteiger partial charge in [0, 0.05) is 13.6 Å². The fourth-order valence-corrected chi connectivity index (χ4v) is 2.98. The Balaban J connectivity index is 2.25. The molecular weight excluding hydrogens is 280 g/mol. The SMILES string of the molecule is CCCCCCCCN(C)C(=O)N1C(=O)CSC1=S. The molecule has 0 bridgehead atoms. The van der Waals surface area contributed by atoms with E-state index in [9.17, 15) is 9.59 Å². The summed E-state index contributed by atoms with van der Waals surface area (Å²) < 4.78 is 0.379. The van der Waals surface area contributed by atoms with E-state index in [1.807, 2.05) is 0 Å². The average molecular weight is 302 g/mol. The molecule has 108 valence electrons. The van der Waals surface area contributed by atoms with Crippen LogP contribution in [-0.4, -0.2) is 45.4 Å². The Morgan fingerprint density at radius 1 is 1.32 bits per heavy atom. The monoisotopic (exact) mass is 302 g/mol. The minimum absolute atomic E-state index is 0.199. The van der Waals surface area contributed by atoms with Crippen molar-refractivity contribution in [3.63, 3.8) is 0 Å². The molecule has 1 aliphatic heterocycles. The second kappa shape index (κ2) is 8.53. The summed E-state index contributed by atoms with van der Waals surface area (Å²) in [5, 5.41) is 0. The number of carbonyl (C=O) groups excluding carboxylic acids is 2. The predicted molar refractivity (Wildman–Crippen MR) is 83.3 cm³/mol. The lowest BCUT2D eigenvalue weighted by Crippen LogP contribution is -2.44. The number of amides is 3. The lowest BCUT2D eigenvalue weighted by molar-refractivity contribution is -0.122. The van der Waals surface area contributed by atoms with Crippen molar-refractivity contribution in [3.05, 3.63) is 0 Å². The zero-order chi connectivity index (χ0) is 14.3. The van der Waals surface area contributed by atoms with Crippen molar-refractivity contribution in [2.24, 2.45) is 0 Å². The normalized spacial score (nSPS) is 15.2. The second-order valence-electron chi connectivity index (χ2n) is 4.76. The van der Waals surface area contributed by atoms with Gasteiger partial charge in [0.05, 0.1) is 5.75 Å². The van der Waals surface area contributed by atoms with Crippen LogP contribution in [0, 0.1) is 0 Å². The number of imide groups is 1. The largest absolute Gasteiger partial charge is 0.332 e. The van der Waals surface area contributed by atoms with E-state index in [0.717, 1.165) is 17.7 Å². The minimum atomic E-state index is -0.284. The molecule has 19 heavy (non-hydrogen) atoms. The van der Waals surface area contributed by atoms with E-state index in [4.69, 9.17) is 12.2 Å². The molecule has 6 heteroatoms. The van der Waals surface area contributed by atoms with Gasteiger partial charge >= 0.3 is 6.03 Å². The third-order valence-corrected chi connectivity index (χ3v) is 4.47. The third kappa shape index (κ3) is 5.10. The van der Waals surface area contributed by atoms with Gasteiger partial charge in [-0.05, 0) is 6.42 Å². The maximum absolute atomic E-state index is 12.1. The molecular formula is C13H22N2O2S2. The molecule has 0 aromatic heterocycles. The lowest BCUT2D eigenvalue weighted by Gasteiger charge is -2.22. The van der Waals surface area contributed by atoms with Crippen LogP contribution in [-0.2, 0) is 4.79 Å². The summed E-state index contributed by atoms with van der Waals surface area (Å²) in [7, 11) is 1.73.